The summed E-state index contributed by atoms with van der Waals surface area (Å²) >= 11 is 5.33. The molecule has 0 aromatic carbocycles. The molecule has 0 saturated carbocycles. The summed E-state index contributed by atoms with van der Waals surface area (Å²) < 4.78 is 0. The van der Waals surface area contributed by atoms with Crippen LogP contribution in [-0.4, -0.2) is 12.3 Å². The van der Waals surface area contributed by atoms with E-state index < -0.39 is 0 Å². The number of rotatable bonds is 1. The fourth-order valence-corrected chi connectivity index (χ4v) is 0.226. The third kappa shape index (κ3) is 3.33. The predicted molar refractivity (Wildman–Crippen MR) is 32.5 cm³/mol. The summed E-state index contributed by atoms with van der Waals surface area (Å²) in [5, 5.41) is 2.93. The highest BCUT2D eigenvalue weighted by Crippen LogP contribution is 1.75. The van der Waals surface area contributed by atoms with Gasteiger partial charge in [-0.3, -0.25) is 4.99 Å². The summed E-state index contributed by atoms with van der Waals surface area (Å²) in [5.74, 6) is 0. The lowest BCUT2D eigenvalue weighted by atomic mass is 11.0. The van der Waals surface area contributed by atoms with Crippen molar-refractivity contribution in [2.45, 2.75) is 0 Å². The topological polar surface area (TPSA) is 24.4 Å². The molecule has 0 radical (unpaired) electrons. The van der Waals surface area contributed by atoms with Gasteiger partial charge >= 0.3 is 0 Å². The van der Waals surface area contributed by atoms with Gasteiger partial charge in [0, 0.05) is 7.05 Å². The highest BCUT2D eigenvalue weighted by molar-refractivity contribution is 6.64. The molecule has 0 saturated heterocycles. The molecule has 3 heteroatoms. The van der Waals surface area contributed by atoms with Crippen LogP contribution in [0.5, 0.6) is 0 Å². The van der Waals surface area contributed by atoms with Crippen LogP contribution >= 0.6 is 11.6 Å². The first-order chi connectivity index (χ1) is 3.31. The Morgan fingerprint density at radius 3 is 2.71 bits per heavy atom. The van der Waals surface area contributed by atoms with Crippen LogP contribution in [0.25, 0.3) is 0 Å². The summed E-state index contributed by atoms with van der Waals surface area (Å²) in [4.78, 5) is 3.58. The second kappa shape index (κ2) is 3.68. The fourth-order valence-electron chi connectivity index (χ4n) is 0.149. The van der Waals surface area contributed by atoms with Gasteiger partial charge in [-0.1, -0.05) is 6.58 Å². The Hall–Kier alpha value is -0.500. The van der Waals surface area contributed by atoms with E-state index in [2.05, 4.69) is 16.9 Å². The van der Waals surface area contributed by atoms with Gasteiger partial charge in [0.2, 0.25) is 0 Å². The molecule has 1 N–H and O–H groups in total. The van der Waals surface area contributed by atoms with E-state index in [0.29, 0.717) is 5.29 Å². The number of halogens is 1. The quantitative estimate of drug-likeness (QED) is 0.309. The van der Waals surface area contributed by atoms with Gasteiger partial charge in [0.1, 0.15) is 0 Å². The molecule has 0 rings (SSSR count). The Bertz CT molecular complexity index is 87.7. The van der Waals surface area contributed by atoms with Crippen LogP contribution in [0.4, 0.5) is 0 Å². The first-order valence-electron chi connectivity index (χ1n) is 1.81. The lowest BCUT2D eigenvalue weighted by Gasteiger charge is -1.88. The first kappa shape index (κ1) is 6.50. The molecule has 0 unspecified atom stereocenters. The predicted octanol–water partition coefficient (Wildman–Crippen LogP) is 0.944. The molecular weight excluding hydrogens is 112 g/mol. The van der Waals surface area contributed by atoms with Crippen molar-refractivity contribution in [2.75, 3.05) is 7.05 Å². The van der Waals surface area contributed by atoms with E-state index in [-0.39, 0.29) is 0 Å². The zero-order valence-corrected chi connectivity index (χ0v) is 4.87. The van der Waals surface area contributed by atoms with Crippen molar-refractivity contribution in [2.24, 2.45) is 4.99 Å². The number of nitrogens with zero attached hydrogens (tertiary/aromatic N) is 1. The SMILES string of the molecule is C=CNC(Cl)=NC. The highest BCUT2D eigenvalue weighted by Gasteiger charge is 1.78. The molecule has 2 nitrogen and oxygen atoms in total. The minimum absolute atomic E-state index is 0.356. The van der Waals surface area contributed by atoms with Crippen molar-refractivity contribution < 1.29 is 0 Å². The normalized spacial score (nSPS) is 10.9. The standard InChI is InChI=1S/C4H7ClN2/c1-3-7-4(5)6-2/h3H,1H2,2H3,(H,6,7). The second-order valence-corrected chi connectivity index (χ2v) is 1.22. The van der Waals surface area contributed by atoms with Crippen LogP contribution in [0.1, 0.15) is 0 Å². The van der Waals surface area contributed by atoms with E-state index in [1.54, 1.807) is 7.05 Å². The van der Waals surface area contributed by atoms with E-state index in [4.69, 9.17) is 11.6 Å². The maximum atomic E-state index is 5.33. The maximum absolute atomic E-state index is 5.33. The summed E-state index contributed by atoms with van der Waals surface area (Å²) in [6.07, 6.45) is 1.47. The smallest absolute Gasteiger partial charge is 0.194 e. The Morgan fingerprint density at radius 2 is 2.57 bits per heavy atom. The van der Waals surface area contributed by atoms with Crippen LogP contribution in [0, 0.1) is 0 Å². The van der Waals surface area contributed by atoms with Gasteiger partial charge in [-0.25, -0.2) is 0 Å². The van der Waals surface area contributed by atoms with Gasteiger partial charge in [-0.15, -0.1) is 0 Å². The Morgan fingerprint density at radius 1 is 2.00 bits per heavy atom. The Labute approximate surface area is 47.9 Å². The molecule has 0 aliphatic heterocycles. The summed E-state index contributed by atoms with van der Waals surface area (Å²) in [6.45, 7) is 3.37. The number of hydrogen-bond donors (Lipinski definition) is 1. The van der Waals surface area contributed by atoms with Crippen molar-refractivity contribution >= 4 is 16.9 Å². The van der Waals surface area contributed by atoms with Crippen LogP contribution in [0.2, 0.25) is 0 Å². The molecule has 0 fully saturated rings. The van der Waals surface area contributed by atoms with Gasteiger partial charge in [-0.05, 0) is 17.8 Å². The molecule has 0 aliphatic rings. The second-order valence-electron chi connectivity index (χ2n) is 0.863. The summed E-state index contributed by atoms with van der Waals surface area (Å²) in [7, 11) is 1.60. The van der Waals surface area contributed by atoms with Crippen molar-refractivity contribution in [1.82, 2.24) is 5.32 Å². The van der Waals surface area contributed by atoms with E-state index in [1.807, 2.05) is 0 Å². The third-order valence-corrected chi connectivity index (χ3v) is 0.696. The van der Waals surface area contributed by atoms with Gasteiger partial charge in [0.15, 0.2) is 5.29 Å². The Kier molecular flexibility index (Phi) is 3.42. The average molecular weight is 119 g/mol. The number of amidine groups is 1. The molecule has 0 aromatic heterocycles. The molecule has 0 atom stereocenters. The van der Waals surface area contributed by atoms with Crippen LogP contribution in [0.15, 0.2) is 17.8 Å². The highest BCUT2D eigenvalue weighted by atomic mass is 35.5. The lowest BCUT2D eigenvalue weighted by molar-refractivity contribution is 1.27. The minimum Gasteiger partial charge on any atom is -0.338 e. The third-order valence-electron chi connectivity index (χ3n) is 0.417. The zero-order chi connectivity index (χ0) is 5.70. The Balaban J connectivity index is 3.36. The first-order valence-corrected chi connectivity index (χ1v) is 2.18. The zero-order valence-electron chi connectivity index (χ0n) is 4.11. The molecular formula is C4H7ClN2. The van der Waals surface area contributed by atoms with E-state index in [0.717, 1.165) is 0 Å². The van der Waals surface area contributed by atoms with Gasteiger partial charge in [0.25, 0.3) is 0 Å². The van der Waals surface area contributed by atoms with Crippen molar-refractivity contribution in [3.8, 4) is 0 Å². The largest absolute Gasteiger partial charge is 0.338 e. The maximum Gasteiger partial charge on any atom is 0.194 e. The van der Waals surface area contributed by atoms with Gasteiger partial charge in [0.05, 0.1) is 0 Å². The fraction of sp³-hybridized carbons (Fsp3) is 0.250. The van der Waals surface area contributed by atoms with Crippen LogP contribution in [-0.2, 0) is 0 Å². The van der Waals surface area contributed by atoms with Crippen LogP contribution in [0.3, 0.4) is 0 Å². The van der Waals surface area contributed by atoms with Gasteiger partial charge < -0.3 is 5.32 Å². The number of aliphatic imine (C=N–C) groups is 1. The molecule has 0 spiro atoms. The number of nitrogens with one attached hydrogen (secondary N) is 1. The molecule has 0 aliphatic carbocycles. The molecule has 0 heterocycles. The van der Waals surface area contributed by atoms with Crippen LogP contribution < -0.4 is 5.32 Å². The molecule has 40 valence electrons. The van der Waals surface area contributed by atoms with E-state index in [9.17, 15) is 0 Å². The molecule has 7 heavy (non-hydrogen) atoms. The molecule has 0 bridgehead atoms. The average Bonchev–Trinajstić information content (AvgIpc) is 1.68. The van der Waals surface area contributed by atoms with Crippen molar-refractivity contribution in [3.63, 3.8) is 0 Å². The van der Waals surface area contributed by atoms with E-state index in [1.165, 1.54) is 6.20 Å². The van der Waals surface area contributed by atoms with Crippen molar-refractivity contribution in [3.05, 3.63) is 12.8 Å². The number of hydrogen-bond acceptors (Lipinski definition) is 1. The summed E-state index contributed by atoms with van der Waals surface area (Å²) in [6, 6.07) is 0. The summed E-state index contributed by atoms with van der Waals surface area (Å²) in [5.41, 5.74) is 0. The minimum atomic E-state index is 0.356. The van der Waals surface area contributed by atoms with Gasteiger partial charge in [-0.2, -0.15) is 0 Å². The van der Waals surface area contributed by atoms with E-state index >= 15 is 0 Å². The van der Waals surface area contributed by atoms with Crippen molar-refractivity contribution in [1.29, 1.82) is 0 Å². The molecule has 0 aromatic rings. The lowest BCUT2D eigenvalue weighted by Crippen LogP contribution is -2.08. The molecule has 0 amide bonds. The monoisotopic (exact) mass is 118 g/mol.